The highest BCUT2D eigenvalue weighted by Crippen LogP contribution is 2.10. The topological polar surface area (TPSA) is 63.1 Å². The van der Waals surface area contributed by atoms with E-state index in [0.717, 1.165) is 19.5 Å². The third-order valence-corrected chi connectivity index (χ3v) is 3.88. The summed E-state index contributed by atoms with van der Waals surface area (Å²) in [6.07, 6.45) is 2.33. The molecule has 2 heterocycles. The zero-order chi connectivity index (χ0) is 13.9. The van der Waals surface area contributed by atoms with Gasteiger partial charge in [0.1, 0.15) is 5.52 Å². The molecule has 2 aromatic rings. The molecule has 1 fully saturated rings. The molecule has 0 saturated carbocycles. The molecular formula is C14H19N5O. The van der Waals surface area contributed by atoms with Gasteiger partial charge in [-0.15, -0.1) is 5.10 Å². The van der Waals surface area contributed by atoms with Crippen LogP contribution in [0.3, 0.4) is 0 Å². The number of aromatic nitrogens is 3. The van der Waals surface area contributed by atoms with Crippen molar-refractivity contribution in [1.29, 1.82) is 0 Å². The van der Waals surface area contributed by atoms with Crippen LogP contribution < -0.4 is 10.9 Å². The van der Waals surface area contributed by atoms with E-state index in [1.807, 2.05) is 25.2 Å². The molecule has 1 unspecified atom stereocenters. The fourth-order valence-corrected chi connectivity index (χ4v) is 2.73. The van der Waals surface area contributed by atoms with E-state index in [1.165, 1.54) is 11.1 Å². The smallest absolute Gasteiger partial charge is 0.278 e. The van der Waals surface area contributed by atoms with Crippen LogP contribution in [-0.2, 0) is 6.67 Å². The Kier molecular flexibility index (Phi) is 3.75. The molecule has 6 heteroatoms. The Morgan fingerprint density at radius 1 is 1.40 bits per heavy atom. The number of likely N-dealkylation sites (N-methyl/N-ethyl adjacent to an activating group) is 1. The van der Waals surface area contributed by atoms with Gasteiger partial charge in [-0.1, -0.05) is 17.3 Å². The molecule has 0 bridgehead atoms. The maximum atomic E-state index is 12.4. The number of nitrogens with one attached hydrogen (secondary N) is 1. The Morgan fingerprint density at radius 2 is 2.25 bits per heavy atom. The minimum atomic E-state index is -0.0674. The van der Waals surface area contributed by atoms with Gasteiger partial charge in [0, 0.05) is 19.1 Å². The number of likely N-dealkylation sites (tertiary alicyclic amines) is 1. The summed E-state index contributed by atoms with van der Waals surface area (Å²) in [5, 5.41) is 12.1. The van der Waals surface area contributed by atoms with E-state index in [1.54, 1.807) is 6.07 Å². The van der Waals surface area contributed by atoms with Crippen molar-refractivity contribution >= 4 is 10.9 Å². The van der Waals surface area contributed by atoms with Gasteiger partial charge in [-0.25, -0.2) is 0 Å². The van der Waals surface area contributed by atoms with Gasteiger partial charge in [0.15, 0.2) is 0 Å². The lowest BCUT2D eigenvalue weighted by Gasteiger charge is -2.32. The zero-order valence-electron chi connectivity index (χ0n) is 11.6. The molecule has 1 saturated heterocycles. The van der Waals surface area contributed by atoms with E-state index in [0.29, 0.717) is 23.6 Å². The number of fused-ring (bicyclic) bond motifs is 1. The van der Waals surface area contributed by atoms with E-state index >= 15 is 0 Å². The first-order chi connectivity index (χ1) is 9.78. The molecule has 1 atom stereocenters. The SMILES string of the molecule is CNC1CCCN(Cn2nnc3ccccc3c2=O)C1. The Hall–Kier alpha value is -1.79. The van der Waals surface area contributed by atoms with Crippen LogP contribution in [0.15, 0.2) is 29.1 Å². The Bertz CT molecular complexity index is 653. The molecule has 0 amide bonds. The monoisotopic (exact) mass is 273 g/mol. The normalized spacial score (nSPS) is 20.4. The van der Waals surface area contributed by atoms with Crippen LogP contribution in [0.5, 0.6) is 0 Å². The maximum Gasteiger partial charge on any atom is 0.278 e. The van der Waals surface area contributed by atoms with Crippen molar-refractivity contribution in [2.75, 3.05) is 20.1 Å². The summed E-state index contributed by atoms with van der Waals surface area (Å²) in [6.45, 7) is 2.45. The first-order valence-electron chi connectivity index (χ1n) is 7.00. The highest BCUT2D eigenvalue weighted by molar-refractivity contribution is 5.76. The molecule has 3 rings (SSSR count). The number of hydrogen-bond donors (Lipinski definition) is 1. The van der Waals surface area contributed by atoms with Gasteiger partial charge >= 0.3 is 0 Å². The second kappa shape index (κ2) is 5.68. The van der Waals surface area contributed by atoms with Crippen molar-refractivity contribution in [2.24, 2.45) is 0 Å². The summed E-state index contributed by atoms with van der Waals surface area (Å²) >= 11 is 0. The number of hydrogen-bond acceptors (Lipinski definition) is 5. The molecule has 1 aliphatic rings. The number of nitrogens with zero attached hydrogens (tertiary/aromatic N) is 4. The average Bonchev–Trinajstić information content (AvgIpc) is 2.50. The first kappa shape index (κ1) is 13.2. The molecular weight excluding hydrogens is 254 g/mol. The highest BCUT2D eigenvalue weighted by Gasteiger charge is 2.19. The summed E-state index contributed by atoms with van der Waals surface area (Å²) in [6, 6.07) is 7.82. The standard InChI is InChI=1S/C14H19N5O/c1-15-11-5-4-8-18(9-11)10-19-14(20)12-6-2-3-7-13(12)16-17-19/h2-3,6-7,11,15H,4-5,8-10H2,1H3. The van der Waals surface area contributed by atoms with Crippen LogP contribution in [0.2, 0.25) is 0 Å². The van der Waals surface area contributed by atoms with Crippen molar-refractivity contribution in [3.8, 4) is 0 Å². The van der Waals surface area contributed by atoms with Crippen LogP contribution in [0, 0.1) is 0 Å². The van der Waals surface area contributed by atoms with Gasteiger partial charge in [-0.05, 0) is 32.0 Å². The lowest BCUT2D eigenvalue weighted by molar-refractivity contribution is 0.144. The first-order valence-corrected chi connectivity index (χ1v) is 7.00. The maximum absolute atomic E-state index is 12.4. The van der Waals surface area contributed by atoms with Crippen molar-refractivity contribution in [3.05, 3.63) is 34.6 Å². The molecule has 106 valence electrons. The van der Waals surface area contributed by atoms with E-state index in [4.69, 9.17) is 0 Å². The lowest BCUT2D eigenvalue weighted by Crippen LogP contribution is -2.46. The Morgan fingerprint density at radius 3 is 3.10 bits per heavy atom. The molecule has 0 aliphatic carbocycles. The Labute approximate surface area is 117 Å². The Balaban J connectivity index is 1.84. The molecule has 1 aliphatic heterocycles. The van der Waals surface area contributed by atoms with Crippen LogP contribution >= 0.6 is 0 Å². The molecule has 6 nitrogen and oxygen atoms in total. The molecule has 1 aromatic heterocycles. The second-order valence-corrected chi connectivity index (χ2v) is 5.26. The van der Waals surface area contributed by atoms with Gasteiger partial charge in [0.2, 0.25) is 0 Å². The lowest BCUT2D eigenvalue weighted by atomic mass is 10.1. The number of piperidine rings is 1. The molecule has 1 aromatic carbocycles. The predicted molar refractivity (Wildman–Crippen MR) is 77.5 cm³/mol. The van der Waals surface area contributed by atoms with Crippen molar-refractivity contribution in [3.63, 3.8) is 0 Å². The van der Waals surface area contributed by atoms with Crippen molar-refractivity contribution in [1.82, 2.24) is 25.2 Å². The molecule has 1 N–H and O–H groups in total. The highest BCUT2D eigenvalue weighted by atomic mass is 16.1. The fraction of sp³-hybridized carbons (Fsp3) is 0.500. The number of benzene rings is 1. The zero-order valence-corrected chi connectivity index (χ0v) is 11.6. The van der Waals surface area contributed by atoms with Gasteiger partial charge < -0.3 is 5.32 Å². The van der Waals surface area contributed by atoms with E-state index in [-0.39, 0.29) is 5.56 Å². The third kappa shape index (κ3) is 2.57. The molecule has 0 radical (unpaired) electrons. The fourth-order valence-electron chi connectivity index (χ4n) is 2.73. The van der Waals surface area contributed by atoms with Gasteiger partial charge in [-0.2, -0.15) is 4.68 Å². The molecule has 0 spiro atoms. The van der Waals surface area contributed by atoms with Crippen molar-refractivity contribution in [2.45, 2.75) is 25.6 Å². The van der Waals surface area contributed by atoms with Crippen molar-refractivity contribution < 1.29 is 0 Å². The summed E-state index contributed by atoms with van der Waals surface area (Å²) in [5.41, 5.74) is 0.586. The average molecular weight is 273 g/mol. The number of rotatable bonds is 3. The largest absolute Gasteiger partial charge is 0.316 e. The summed E-state index contributed by atoms with van der Waals surface area (Å²) in [5.74, 6) is 0. The minimum absolute atomic E-state index is 0.0674. The van der Waals surface area contributed by atoms with Crippen LogP contribution in [0.1, 0.15) is 12.8 Å². The van der Waals surface area contributed by atoms with Gasteiger partial charge in [0.05, 0.1) is 12.1 Å². The second-order valence-electron chi connectivity index (χ2n) is 5.26. The van der Waals surface area contributed by atoms with Crippen LogP contribution in [-0.4, -0.2) is 46.1 Å². The predicted octanol–water partition coefficient (Wildman–Crippen LogP) is 0.433. The summed E-state index contributed by atoms with van der Waals surface area (Å²) in [4.78, 5) is 14.6. The quantitative estimate of drug-likeness (QED) is 0.879. The van der Waals surface area contributed by atoms with E-state index in [2.05, 4.69) is 20.5 Å². The third-order valence-electron chi connectivity index (χ3n) is 3.88. The van der Waals surface area contributed by atoms with Crippen LogP contribution in [0.4, 0.5) is 0 Å². The van der Waals surface area contributed by atoms with Crippen LogP contribution in [0.25, 0.3) is 10.9 Å². The summed E-state index contributed by atoms with van der Waals surface area (Å²) in [7, 11) is 1.98. The minimum Gasteiger partial charge on any atom is -0.316 e. The van der Waals surface area contributed by atoms with E-state index in [9.17, 15) is 4.79 Å². The van der Waals surface area contributed by atoms with Gasteiger partial charge in [-0.3, -0.25) is 9.69 Å². The summed E-state index contributed by atoms with van der Waals surface area (Å²) < 4.78 is 1.46. The van der Waals surface area contributed by atoms with E-state index < -0.39 is 0 Å². The molecule has 20 heavy (non-hydrogen) atoms. The van der Waals surface area contributed by atoms with Gasteiger partial charge in [0.25, 0.3) is 5.56 Å².